The third-order valence-corrected chi connectivity index (χ3v) is 7.20. The Morgan fingerprint density at radius 1 is 1.19 bits per heavy atom. The SMILES string of the molecule is CN1CCC(CNC(=O)C2CC3(CC(C#N)C3)C2)(c2ccccc2)CC1. The molecule has 4 nitrogen and oxygen atoms in total. The zero-order valence-corrected chi connectivity index (χ0v) is 15.7. The number of carbonyl (C=O) groups is 1. The maximum Gasteiger partial charge on any atom is 0.223 e. The Labute approximate surface area is 156 Å². The van der Waals surface area contributed by atoms with E-state index >= 15 is 0 Å². The van der Waals surface area contributed by atoms with Crippen molar-refractivity contribution < 1.29 is 4.79 Å². The molecule has 2 saturated carbocycles. The molecule has 0 aromatic heterocycles. The Balaban J connectivity index is 1.36. The normalized spacial score (nSPS) is 32.9. The van der Waals surface area contributed by atoms with Crippen LogP contribution in [-0.2, 0) is 10.2 Å². The third kappa shape index (κ3) is 3.14. The van der Waals surface area contributed by atoms with E-state index in [4.69, 9.17) is 5.26 Å². The van der Waals surface area contributed by atoms with Gasteiger partial charge in [-0.25, -0.2) is 0 Å². The summed E-state index contributed by atoms with van der Waals surface area (Å²) in [5.41, 5.74) is 1.75. The molecule has 3 fully saturated rings. The minimum absolute atomic E-state index is 0.0627. The minimum atomic E-state index is 0.0627. The fourth-order valence-electron chi connectivity index (χ4n) is 5.39. The summed E-state index contributed by atoms with van der Waals surface area (Å²) in [6.07, 6.45) is 6.16. The van der Waals surface area contributed by atoms with E-state index in [1.807, 2.05) is 0 Å². The maximum atomic E-state index is 12.7. The molecule has 0 unspecified atom stereocenters. The zero-order valence-electron chi connectivity index (χ0n) is 15.7. The fourth-order valence-corrected chi connectivity index (χ4v) is 5.39. The Kier molecular flexibility index (Phi) is 4.52. The van der Waals surface area contributed by atoms with Crippen molar-refractivity contribution >= 4 is 5.91 Å². The van der Waals surface area contributed by atoms with E-state index in [-0.39, 0.29) is 23.2 Å². The highest BCUT2D eigenvalue weighted by Crippen LogP contribution is 2.61. The highest BCUT2D eigenvalue weighted by Gasteiger charge is 2.55. The van der Waals surface area contributed by atoms with Gasteiger partial charge in [0, 0.05) is 23.8 Å². The van der Waals surface area contributed by atoms with Gasteiger partial charge >= 0.3 is 0 Å². The maximum absolute atomic E-state index is 12.7. The number of likely N-dealkylation sites (tertiary alicyclic amines) is 1. The van der Waals surface area contributed by atoms with Gasteiger partial charge in [-0.3, -0.25) is 4.79 Å². The largest absolute Gasteiger partial charge is 0.355 e. The van der Waals surface area contributed by atoms with Gasteiger partial charge < -0.3 is 10.2 Å². The molecule has 138 valence electrons. The topological polar surface area (TPSA) is 56.1 Å². The summed E-state index contributed by atoms with van der Waals surface area (Å²) >= 11 is 0. The molecular formula is C22H29N3O. The summed E-state index contributed by atoms with van der Waals surface area (Å²) < 4.78 is 0. The van der Waals surface area contributed by atoms with E-state index in [9.17, 15) is 4.79 Å². The quantitative estimate of drug-likeness (QED) is 0.907. The van der Waals surface area contributed by atoms with Gasteiger partial charge in [-0.1, -0.05) is 30.3 Å². The van der Waals surface area contributed by atoms with Gasteiger partial charge in [-0.05, 0) is 69.6 Å². The highest BCUT2D eigenvalue weighted by molar-refractivity contribution is 5.80. The van der Waals surface area contributed by atoms with Crippen LogP contribution in [0.5, 0.6) is 0 Å². The second-order valence-corrected chi connectivity index (χ2v) is 9.01. The molecular weight excluding hydrogens is 322 g/mol. The van der Waals surface area contributed by atoms with Gasteiger partial charge in [0.15, 0.2) is 0 Å². The summed E-state index contributed by atoms with van der Waals surface area (Å²) in [6.45, 7) is 2.90. The smallest absolute Gasteiger partial charge is 0.223 e. The van der Waals surface area contributed by atoms with E-state index < -0.39 is 0 Å². The van der Waals surface area contributed by atoms with E-state index in [0.29, 0.717) is 5.41 Å². The molecule has 0 radical (unpaired) electrons. The lowest BCUT2D eigenvalue weighted by Crippen LogP contribution is -2.54. The molecule has 1 saturated heterocycles. The molecule has 0 atom stereocenters. The first-order valence-corrected chi connectivity index (χ1v) is 9.96. The third-order valence-electron chi connectivity index (χ3n) is 7.20. The second-order valence-electron chi connectivity index (χ2n) is 9.01. The van der Waals surface area contributed by atoms with Crippen LogP contribution < -0.4 is 5.32 Å². The van der Waals surface area contributed by atoms with Crippen LogP contribution in [0.4, 0.5) is 0 Å². The number of amides is 1. The van der Waals surface area contributed by atoms with Gasteiger partial charge in [0.25, 0.3) is 0 Å². The van der Waals surface area contributed by atoms with Gasteiger partial charge in [0.1, 0.15) is 0 Å². The van der Waals surface area contributed by atoms with Crippen molar-refractivity contribution in [1.82, 2.24) is 10.2 Å². The number of rotatable bonds is 4. The summed E-state index contributed by atoms with van der Waals surface area (Å²) in [7, 11) is 2.18. The molecule has 26 heavy (non-hydrogen) atoms. The number of piperidine rings is 1. The predicted octanol–water partition coefficient (Wildman–Crippen LogP) is 3.10. The molecule has 1 heterocycles. The van der Waals surface area contributed by atoms with Crippen molar-refractivity contribution in [2.45, 2.75) is 43.9 Å². The van der Waals surface area contributed by atoms with Crippen LogP contribution in [0.15, 0.2) is 30.3 Å². The zero-order chi connectivity index (χ0) is 18.2. The van der Waals surface area contributed by atoms with Gasteiger partial charge in [0.2, 0.25) is 5.91 Å². The van der Waals surface area contributed by atoms with Crippen molar-refractivity contribution in [3.05, 3.63) is 35.9 Å². The van der Waals surface area contributed by atoms with Crippen LogP contribution in [0.3, 0.4) is 0 Å². The van der Waals surface area contributed by atoms with Gasteiger partial charge in [-0.15, -0.1) is 0 Å². The van der Waals surface area contributed by atoms with Crippen LogP contribution >= 0.6 is 0 Å². The summed E-state index contributed by atoms with van der Waals surface area (Å²) in [5.74, 6) is 0.624. The molecule has 4 rings (SSSR count). The number of benzene rings is 1. The van der Waals surface area contributed by atoms with E-state index in [0.717, 1.165) is 58.2 Å². The summed E-state index contributed by atoms with van der Waals surface area (Å²) in [4.78, 5) is 15.1. The lowest BCUT2D eigenvalue weighted by atomic mass is 9.48. The fraction of sp³-hybridized carbons (Fsp3) is 0.636. The lowest BCUT2D eigenvalue weighted by Gasteiger charge is -2.55. The molecule has 1 N–H and O–H groups in total. The standard InChI is InChI=1S/C22H29N3O/c1-25-9-7-22(8-10-25,19-5-3-2-4-6-19)16-24-20(26)18-13-21(14-18)11-17(12-21)15-23/h2-6,17-18H,7-14,16H2,1H3,(H,24,26). The van der Waals surface area contributed by atoms with E-state index in [2.05, 4.69) is 53.7 Å². The Bertz CT molecular complexity index is 686. The summed E-state index contributed by atoms with van der Waals surface area (Å²) in [5, 5.41) is 12.3. The van der Waals surface area contributed by atoms with Crippen molar-refractivity contribution in [3.8, 4) is 6.07 Å². The number of nitrogens with one attached hydrogen (secondary N) is 1. The van der Waals surface area contributed by atoms with Crippen LogP contribution in [0, 0.1) is 28.6 Å². The van der Waals surface area contributed by atoms with E-state index in [1.165, 1.54) is 5.56 Å². The molecule has 1 aromatic carbocycles. The number of nitriles is 1. The van der Waals surface area contributed by atoms with Crippen molar-refractivity contribution in [1.29, 1.82) is 5.26 Å². The molecule has 1 aromatic rings. The van der Waals surface area contributed by atoms with Crippen LogP contribution in [0.25, 0.3) is 0 Å². The Morgan fingerprint density at radius 2 is 1.85 bits per heavy atom. The van der Waals surface area contributed by atoms with Crippen molar-refractivity contribution in [2.24, 2.45) is 17.3 Å². The number of nitrogens with zero attached hydrogens (tertiary/aromatic N) is 2. The Morgan fingerprint density at radius 3 is 2.46 bits per heavy atom. The van der Waals surface area contributed by atoms with Crippen LogP contribution in [-0.4, -0.2) is 37.5 Å². The molecule has 3 aliphatic rings. The first-order chi connectivity index (χ1) is 12.5. The minimum Gasteiger partial charge on any atom is -0.355 e. The van der Waals surface area contributed by atoms with Crippen LogP contribution in [0.2, 0.25) is 0 Å². The number of hydrogen-bond donors (Lipinski definition) is 1. The van der Waals surface area contributed by atoms with Gasteiger partial charge in [0.05, 0.1) is 6.07 Å². The average Bonchev–Trinajstić information content (AvgIpc) is 2.60. The first-order valence-electron chi connectivity index (χ1n) is 9.96. The lowest BCUT2D eigenvalue weighted by molar-refractivity contribution is -0.139. The molecule has 4 heteroatoms. The number of hydrogen-bond acceptors (Lipinski definition) is 3. The monoisotopic (exact) mass is 351 g/mol. The highest BCUT2D eigenvalue weighted by atomic mass is 16.1. The second kappa shape index (κ2) is 6.70. The molecule has 1 aliphatic heterocycles. The molecule has 0 bridgehead atoms. The molecule has 1 amide bonds. The average molecular weight is 351 g/mol. The summed E-state index contributed by atoms with van der Waals surface area (Å²) in [6, 6.07) is 13.1. The number of carbonyl (C=O) groups excluding carboxylic acids is 1. The van der Waals surface area contributed by atoms with E-state index in [1.54, 1.807) is 0 Å². The van der Waals surface area contributed by atoms with Gasteiger partial charge in [-0.2, -0.15) is 5.26 Å². The molecule has 1 spiro atoms. The predicted molar refractivity (Wildman–Crippen MR) is 101 cm³/mol. The molecule has 2 aliphatic carbocycles. The van der Waals surface area contributed by atoms with Crippen LogP contribution in [0.1, 0.15) is 44.1 Å². The Hall–Kier alpha value is -1.86. The van der Waals surface area contributed by atoms with Crippen molar-refractivity contribution in [3.63, 3.8) is 0 Å². The first kappa shape index (κ1) is 17.5. The van der Waals surface area contributed by atoms with Crippen molar-refractivity contribution in [2.75, 3.05) is 26.7 Å².